The molecule has 3 rings (SSSR count). The summed E-state index contributed by atoms with van der Waals surface area (Å²) in [6, 6.07) is 14.9. The second-order valence-corrected chi connectivity index (χ2v) is 5.87. The van der Waals surface area contributed by atoms with Gasteiger partial charge in [0.05, 0.1) is 11.0 Å². The summed E-state index contributed by atoms with van der Waals surface area (Å²) in [5.41, 5.74) is 6.20. The van der Waals surface area contributed by atoms with Crippen molar-refractivity contribution in [3.8, 4) is 0 Å². The number of rotatable bonds is 6. The summed E-state index contributed by atoms with van der Waals surface area (Å²) in [5, 5.41) is 3.49. The van der Waals surface area contributed by atoms with E-state index >= 15 is 0 Å². The van der Waals surface area contributed by atoms with Gasteiger partial charge in [-0.3, -0.25) is 0 Å². The van der Waals surface area contributed by atoms with E-state index in [1.54, 1.807) is 0 Å². The van der Waals surface area contributed by atoms with Crippen molar-refractivity contribution in [3.05, 3.63) is 65.0 Å². The van der Waals surface area contributed by atoms with Gasteiger partial charge in [-0.1, -0.05) is 30.3 Å². The number of nitrogens with one attached hydrogen (secondary N) is 2. The summed E-state index contributed by atoms with van der Waals surface area (Å²) < 4.78 is 0. The number of nitrogens with zero attached hydrogens (tertiary/aromatic N) is 1. The summed E-state index contributed by atoms with van der Waals surface area (Å²) in [6.45, 7) is 6.22. The molecule has 0 aliphatic rings. The van der Waals surface area contributed by atoms with E-state index in [9.17, 15) is 0 Å². The smallest absolute Gasteiger partial charge is 0.108 e. The van der Waals surface area contributed by atoms with Gasteiger partial charge in [0.15, 0.2) is 0 Å². The molecule has 3 aromatic rings. The highest BCUT2D eigenvalue weighted by atomic mass is 14.9. The summed E-state index contributed by atoms with van der Waals surface area (Å²) in [6.07, 6.45) is 2.00. The van der Waals surface area contributed by atoms with Crippen molar-refractivity contribution in [2.24, 2.45) is 0 Å². The fourth-order valence-electron chi connectivity index (χ4n) is 2.65. The van der Waals surface area contributed by atoms with E-state index in [1.807, 2.05) is 0 Å². The number of fused-ring (bicyclic) bond motifs is 1. The molecule has 0 aliphatic heterocycles. The van der Waals surface area contributed by atoms with E-state index in [1.165, 1.54) is 16.7 Å². The lowest BCUT2D eigenvalue weighted by Gasteiger charge is -2.03. The van der Waals surface area contributed by atoms with Crippen LogP contribution >= 0.6 is 0 Å². The number of imidazole rings is 1. The average molecular weight is 293 g/mol. The molecule has 0 saturated carbocycles. The summed E-state index contributed by atoms with van der Waals surface area (Å²) in [7, 11) is 0. The molecule has 0 unspecified atom stereocenters. The van der Waals surface area contributed by atoms with Gasteiger partial charge in [0, 0.05) is 13.0 Å². The van der Waals surface area contributed by atoms with Crippen LogP contribution in [0.3, 0.4) is 0 Å². The zero-order valence-electron chi connectivity index (χ0n) is 13.3. The van der Waals surface area contributed by atoms with Gasteiger partial charge < -0.3 is 10.3 Å². The predicted molar refractivity (Wildman–Crippen MR) is 92.3 cm³/mol. The number of aryl methyl sites for hydroxylation is 2. The zero-order chi connectivity index (χ0) is 15.4. The number of aromatic amines is 1. The quantitative estimate of drug-likeness (QED) is 0.682. The van der Waals surface area contributed by atoms with Crippen molar-refractivity contribution in [3.63, 3.8) is 0 Å². The average Bonchev–Trinajstić information content (AvgIpc) is 2.90. The molecule has 114 valence electrons. The van der Waals surface area contributed by atoms with Crippen LogP contribution in [0, 0.1) is 13.8 Å². The van der Waals surface area contributed by atoms with Gasteiger partial charge in [0.2, 0.25) is 0 Å². The Morgan fingerprint density at radius 1 is 0.955 bits per heavy atom. The standard InChI is InChI=1S/C19H23N3/c1-14-12-17-18(13-15(14)2)22-19(21-17)9-11-20-10-8-16-6-4-3-5-7-16/h3-7,12-13,20H,8-11H2,1-2H3,(H,21,22). The summed E-state index contributed by atoms with van der Waals surface area (Å²) in [4.78, 5) is 8.10. The molecule has 0 fully saturated rings. The van der Waals surface area contributed by atoms with Crippen LogP contribution in [0.5, 0.6) is 0 Å². The molecule has 0 radical (unpaired) electrons. The molecule has 1 heterocycles. The normalized spacial score (nSPS) is 11.2. The molecule has 22 heavy (non-hydrogen) atoms. The first-order valence-corrected chi connectivity index (χ1v) is 7.93. The number of hydrogen-bond donors (Lipinski definition) is 2. The summed E-state index contributed by atoms with van der Waals surface area (Å²) >= 11 is 0. The first-order chi connectivity index (χ1) is 10.7. The van der Waals surface area contributed by atoms with Crippen LogP contribution in [-0.4, -0.2) is 23.1 Å². The maximum Gasteiger partial charge on any atom is 0.108 e. The largest absolute Gasteiger partial charge is 0.342 e. The van der Waals surface area contributed by atoms with Crippen molar-refractivity contribution in [2.75, 3.05) is 13.1 Å². The Bertz CT molecular complexity index is 705. The van der Waals surface area contributed by atoms with Crippen molar-refractivity contribution < 1.29 is 0 Å². The van der Waals surface area contributed by atoms with Crippen LogP contribution in [0.4, 0.5) is 0 Å². The van der Waals surface area contributed by atoms with E-state index < -0.39 is 0 Å². The van der Waals surface area contributed by atoms with Gasteiger partial charge in [-0.2, -0.15) is 0 Å². The Labute approximate surface area is 131 Å². The minimum Gasteiger partial charge on any atom is -0.342 e. The summed E-state index contributed by atoms with van der Waals surface area (Å²) in [5.74, 6) is 1.06. The van der Waals surface area contributed by atoms with Crippen LogP contribution in [0.15, 0.2) is 42.5 Å². The first kappa shape index (κ1) is 14.8. The molecule has 0 amide bonds. The van der Waals surface area contributed by atoms with Crippen LogP contribution < -0.4 is 5.32 Å². The van der Waals surface area contributed by atoms with Gasteiger partial charge in [0.25, 0.3) is 0 Å². The van der Waals surface area contributed by atoms with E-state index in [0.717, 1.165) is 42.8 Å². The fourth-order valence-corrected chi connectivity index (χ4v) is 2.65. The number of H-pyrrole nitrogens is 1. The zero-order valence-corrected chi connectivity index (χ0v) is 13.3. The highest BCUT2D eigenvalue weighted by molar-refractivity contribution is 5.77. The van der Waals surface area contributed by atoms with Crippen molar-refractivity contribution >= 4 is 11.0 Å². The lowest BCUT2D eigenvalue weighted by Crippen LogP contribution is -2.20. The minimum atomic E-state index is 0.932. The van der Waals surface area contributed by atoms with Crippen molar-refractivity contribution in [2.45, 2.75) is 26.7 Å². The van der Waals surface area contributed by atoms with Crippen molar-refractivity contribution in [1.29, 1.82) is 0 Å². The molecule has 0 saturated heterocycles. The molecular formula is C19H23N3. The molecule has 0 aliphatic carbocycles. The van der Waals surface area contributed by atoms with Crippen LogP contribution in [0.2, 0.25) is 0 Å². The van der Waals surface area contributed by atoms with Gasteiger partial charge in [-0.25, -0.2) is 4.98 Å². The molecule has 0 spiro atoms. The van der Waals surface area contributed by atoms with Crippen LogP contribution in [0.25, 0.3) is 11.0 Å². The van der Waals surface area contributed by atoms with Crippen molar-refractivity contribution in [1.82, 2.24) is 15.3 Å². The van der Waals surface area contributed by atoms with Crippen LogP contribution in [-0.2, 0) is 12.8 Å². The number of hydrogen-bond acceptors (Lipinski definition) is 2. The molecule has 2 aromatic carbocycles. The third-order valence-corrected chi connectivity index (χ3v) is 4.12. The lowest BCUT2D eigenvalue weighted by atomic mass is 10.1. The second kappa shape index (κ2) is 6.75. The topological polar surface area (TPSA) is 40.7 Å². The monoisotopic (exact) mass is 293 g/mol. The van der Waals surface area contributed by atoms with Gasteiger partial charge >= 0.3 is 0 Å². The first-order valence-electron chi connectivity index (χ1n) is 7.93. The lowest BCUT2D eigenvalue weighted by molar-refractivity contribution is 0.671. The molecule has 0 bridgehead atoms. The third-order valence-electron chi connectivity index (χ3n) is 4.12. The molecular weight excluding hydrogens is 270 g/mol. The molecule has 3 heteroatoms. The Morgan fingerprint density at radius 3 is 2.50 bits per heavy atom. The number of aromatic nitrogens is 2. The molecule has 3 nitrogen and oxygen atoms in total. The minimum absolute atomic E-state index is 0.932. The molecule has 2 N–H and O–H groups in total. The Hall–Kier alpha value is -2.13. The Kier molecular flexibility index (Phi) is 4.54. The van der Waals surface area contributed by atoms with E-state index in [2.05, 4.69) is 71.6 Å². The van der Waals surface area contributed by atoms with E-state index in [-0.39, 0.29) is 0 Å². The highest BCUT2D eigenvalue weighted by Gasteiger charge is 2.04. The third kappa shape index (κ3) is 3.55. The SMILES string of the molecule is Cc1cc2nc(CCNCCc3ccccc3)[nH]c2cc1C. The maximum absolute atomic E-state index is 4.67. The highest BCUT2D eigenvalue weighted by Crippen LogP contribution is 2.17. The Morgan fingerprint density at radius 2 is 1.68 bits per heavy atom. The second-order valence-electron chi connectivity index (χ2n) is 5.87. The van der Waals surface area contributed by atoms with E-state index in [0.29, 0.717) is 0 Å². The van der Waals surface area contributed by atoms with Crippen LogP contribution in [0.1, 0.15) is 22.5 Å². The van der Waals surface area contributed by atoms with E-state index in [4.69, 9.17) is 0 Å². The maximum atomic E-state index is 4.67. The van der Waals surface area contributed by atoms with Gasteiger partial charge in [-0.15, -0.1) is 0 Å². The van der Waals surface area contributed by atoms with Gasteiger partial charge in [-0.05, 0) is 55.6 Å². The molecule has 0 atom stereocenters. The Balaban J connectivity index is 1.49. The number of benzene rings is 2. The predicted octanol–water partition coefficient (Wildman–Crippen LogP) is 3.55. The fraction of sp³-hybridized carbons (Fsp3) is 0.316. The molecule has 1 aromatic heterocycles. The van der Waals surface area contributed by atoms with Gasteiger partial charge in [0.1, 0.15) is 5.82 Å².